The van der Waals surface area contributed by atoms with Crippen LogP contribution in [-0.2, 0) is 6.54 Å². The van der Waals surface area contributed by atoms with Crippen molar-refractivity contribution in [2.75, 3.05) is 7.05 Å². The predicted octanol–water partition coefficient (Wildman–Crippen LogP) is 2.80. The van der Waals surface area contributed by atoms with E-state index in [0.717, 1.165) is 0 Å². The first-order chi connectivity index (χ1) is 9.08. The molecular formula is C15H14FNO2. The molecule has 0 saturated carbocycles. The molecule has 0 atom stereocenters. The number of carbonyl (C=O) groups is 1. The van der Waals surface area contributed by atoms with Gasteiger partial charge in [-0.05, 0) is 30.3 Å². The number of para-hydroxylation sites is 1. The van der Waals surface area contributed by atoms with Crippen LogP contribution < -0.4 is 0 Å². The third kappa shape index (κ3) is 3.10. The minimum atomic E-state index is -0.375. The van der Waals surface area contributed by atoms with Crippen LogP contribution in [0.3, 0.4) is 0 Å². The molecule has 0 saturated heterocycles. The fourth-order valence-electron chi connectivity index (χ4n) is 1.78. The minimum absolute atomic E-state index is 0.154. The van der Waals surface area contributed by atoms with Crippen molar-refractivity contribution in [3.8, 4) is 5.75 Å². The molecule has 0 heterocycles. The SMILES string of the molecule is CN(Cc1ccccc1O)C(=O)c1ccc(F)cc1. The molecule has 0 aromatic heterocycles. The quantitative estimate of drug-likeness (QED) is 0.920. The number of phenolic OH excluding ortho intramolecular Hbond substituents is 1. The van der Waals surface area contributed by atoms with Crippen LogP contribution in [0.15, 0.2) is 48.5 Å². The molecule has 0 fully saturated rings. The van der Waals surface area contributed by atoms with Gasteiger partial charge in [0.1, 0.15) is 11.6 Å². The van der Waals surface area contributed by atoms with Crippen LogP contribution >= 0.6 is 0 Å². The Morgan fingerprint density at radius 2 is 1.79 bits per heavy atom. The van der Waals surface area contributed by atoms with Crippen LogP contribution in [0.4, 0.5) is 4.39 Å². The highest BCUT2D eigenvalue weighted by atomic mass is 19.1. The van der Waals surface area contributed by atoms with Crippen molar-refractivity contribution in [3.05, 3.63) is 65.5 Å². The van der Waals surface area contributed by atoms with E-state index in [1.165, 1.54) is 29.2 Å². The second-order valence-electron chi connectivity index (χ2n) is 4.30. The van der Waals surface area contributed by atoms with Gasteiger partial charge in [0.05, 0.1) is 0 Å². The second-order valence-corrected chi connectivity index (χ2v) is 4.30. The number of aromatic hydroxyl groups is 1. The van der Waals surface area contributed by atoms with Gasteiger partial charge < -0.3 is 10.0 Å². The number of nitrogens with zero attached hydrogens (tertiary/aromatic N) is 1. The lowest BCUT2D eigenvalue weighted by Gasteiger charge is -2.18. The summed E-state index contributed by atoms with van der Waals surface area (Å²) in [7, 11) is 1.64. The summed E-state index contributed by atoms with van der Waals surface area (Å²) in [6.45, 7) is 0.295. The summed E-state index contributed by atoms with van der Waals surface area (Å²) in [4.78, 5) is 13.6. The van der Waals surface area contributed by atoms with Crippen LogP contribution in [0.25, 0.3) is 0 Å². The number of halogens is 1. The molecule has 0 spiro atoms. The van der Waals surface area contributed by atoms with E-state index in [2.05, 4.69) is 0 Å². The third-order valence-corrected chi connectivity index (χ3v) is 2.84. The summed E-state index contributed by atoms with van der Waals surface area (Å²) >= 11 is 0. The van der Waals surface area contributed by atoms with Gasteiger partial charge in [-0.2, -0.15) is 0 Å². The van der Waals surface area contributed by atoms with E-state index in [9.17, 15) is 14.3 Å². The Morgan fingerprint density at radius 1 is 1.16 bits per heavy atom. The smallest absolute Gasteiger partial charge is 0.253 e. The largest absolute Gasteiger partial charge is 0.508 e. The fourth-order valence-corrected chi connectivity index (χ4v) is 1.78. The molecule has 0 unspecified atom stereocenters. The second kappa shape index (κ2) is 5.52. The van der Waals surface area contributed by atoms with Gasteiger partial charge in [-0.25, -0.2) is 4.39 Å². The van der Waals surface area contributed by atoms with Gasteiger partial charge in [-0.15, -0.1) is 0 Å². The maximum atomic E-state index is 12.8. The Kier molecular flexibility index (Phi) is 3.80. The first-order valence-electron chi connectivity index (χ1n) is 5.86. The van der Waals surface area contributed by atoms with E-state index in [4.69, 9.17) is 0 Å². The molecule has 2 aromatic carbocycles. The summed E-state index contributed by atoms with van der Waals surface area (Å²) in [6, 6.07) is 12.2. The molecule has 2 aromatic rings. The third-order valence-electron chi connectivity index (χ3n) is 2.84. The van der Waals surface area contributed by atoms with Gasteiger partial charge in [-0.1, -0.05) is 18.2 Å². The van der Waals surface area contributed by atoms with Crippen LogP contribution in [0, 0.1) is 5.82 Å². The van der Waals surface area contributed by atoms with Crippen molar-refractivity contribution >= 4 is 5.91 Å². The molecule has 1 amide bonds. The monoisotopic (exact) mass is 259 g/mol. The molecule has 98 valence electrons. The van der Waals surface area contributed by atoms with E-state index in [1.807, 2.05) is 0 Å². The number of carbonyl (C=O) groups excluding carboxylic acids is 1. The molecule has 2 rings (SSSR count). The molecular weight excluding hydrogens is 245 g/mol. The zero-order chi connectivity index (χ0) is 13.8. The van der Waals surface area contributed by atoms with Crippen molar-refractivity contribution in [2.45, 2.75) is 6.54 Å². The Bertz CT molecular complexity index is 581. The summed E-state index contributed by atoms with van der Waals surface area (Å²) in [5.41, 5.74) is 1.08. The van der Waals surface area contributed by atoms with Crippen molar-refractivity contribution < 1.29 is 14.3 Å². The topological polar surface area (TPSA) is 40.5 Å². The number of benzene rings is 2. The highest BCUT2D eigenvalue weighted by Crippen LogP contribution is 2.18. The van der Waals surface area contributed by atoms with E-state index >= 15 is 0 Å². The Balaban J connectivity index is 2.12. The Labute approximate surface area is 110 Å². The average molecular weight is 259 g/mol. The highest BCUT2D eigenvalue weighted by Gasteiger charge is 2.13. The maximum absolute atomic E-state index is 12.8. The number of rotatable bonds is 3. The van der Waals surface area contributed by atoms with Crippen LogP contribution in [0.1, 0.15) is 15.9 Å². The van der Waals surface area contributed by atoms with Gasteiger partial charge >= 0.3 is 0 Å². The lowest BCUT2D eigenvalue weighted by atomic mass is 10.1. The minimum Gasteiger partial charge on any atom is -0.508 e. The van der Waals surface area contributed by atoms with Crippen LogP contribution in [0.5, 0.6) is 5.75 Å². The zero-order valence-electron chi connectivity index (χ0n) is 10.5. The molecule has 0 aliphatic rings. The molecule has 4 heteroatoms. The zero-order valence-corrected chi connectivity index (χ0v) is 10.5. The van der Waals surface area contributed by atoms with E-state index in [0.29, 0.717) is 17.7 Å². The van der Waals surface area contributed by atoms with Gasteiger partial charge in [0.25, 0.3) is 5.91 Å². The first kappa shape index (κ1) is 13.1. The lowest BCUT2D eigenvalue weighted by molar-refractivity contribution is 0.0784. The summed E-state index contributed by atoms with van der Waals surface area (Å²) in [5.74, 6) is -0.440. The number of hydrogen-bond donors (Lipinski definition) is 1. The van der Waals surface area contributed by atoms with Gasteiger partial charge in [0, 0.05) is 24.7 Å². The summed E-state index contributed by atoms with van der Waals surface area (Å²) in [5, 5.41) is 9.66. The number of amides is 1. The maximum Gasteiger partial charge on any atom is 0.253 e. The van der Waals surface area contributed by atoms with E-state index < -0.39 is 0 Å². The molecule has 0 bridgehead atoms. The highest BCUT2D eigenvalue weighted by molar-refractivity contribution is 5.94. The molecule has 3 nitrogen and oxygen atoms in total. The lowest BCUT2D eigenvalue weighted by Crippen LogP contribution is -2.26. The molecule has 0 aliphatic carbocycles. The molecule has 0 radical (unpaired) electrons. The average Bonchev–Trinajstić information content (AvgIpc) is 2.41. The fraction of sp³-hybridized carbons (Fsp3) is 0.133. The van der Waals surface area contributed by atoms with Crippen molar-refractivity contribution in [1.82, 2.24) is 4.90 Å². The van der Waals surface area contributed by atoms with Crippen LogP contribution in [-0.4, -0.2) is 23.0 Å². The number of hydrogen-bond acceptors (Lipinski definition) is 2. The summed E-state index contributed by atoms with van der Waals surface area (Å²) in [6.07, 6.45) is 0. The van der Waals surface area contributed by atoms with Crippen molar-refractivity contribution in [1.29, 1.82) is 0 Å². The van der Waals surface area contributed by atoms with Gasteiger partial charge in [-0.3, -0.25) is 4.79 Å². The first-order valence-corrected chi connectivity index (χ1v) is 5.86. The van der Waals surface area contributed by atoms with E-state index in [1.54, 1.807) is 31.3 Å². The predicted molar refractivity (Wildman–Crippen MR) is 70.3 cm³/mol. The Hall–Kier alpha value is -2.36. The molecule has 1 N–H and O–H groups in total. The van der Waals surface area contributed by atoms with Gasteiger partial charge in [0.15, 0.2) is 0 Å². The molecule has 19 heavy (non-hydrogen) atoms. The standard InChI is InChI=1S/C15H14FNO2/c1-17(10-12-4-2-3-5-14(12)18)15(19)11-6-8-13(16)9-7-11/h2-9,18H,10H2,1H3. The normalized spacial score (nSPS) is 10.2. The van der Waals surface area contributed by atoms with Gasteiger partial charge in [0.2, 0.25) is 0 Å². The van der Waals surface area contributed by atoms with Crippen molar-refractivity contribution in [3.63, 3.8) is 0 Å². The van der Waals surface area contributed by atoms with Crippen molar-refractivity contribution in [2.24, 2.45) is 0 Å². The summed E-state index contributed by atoms with van der Waals surface area (Å²) < 4.78 is 12.8. The van der Waals surface area contributed by atoms with Crippen LogP contribution in [0.2, 0.25) is 0 Å². The van der Waals surface area contributed by atoms with E-state index in [-0.39, 0.29) is 17.5 Å². The Morgan fingerprint density at radius 3 is 2.42 bits per heavy atom. The molecule has 0 aliphatic heterocycles. The number of phenols is 1.